The normalized spacial score (nSPS) is 11.4. The molecule has 112 valence electrons. The Balaban J connectivity index is 2.45. The van der Waals surface area contributed by atoms with Crippen LogP contribution in [-0.4, -0.2) is 13.5 Å². The zero-order chi connectivity index (χ0) is 15.6. The summed E-state index contributed by atoms with van der Waals surface area (Å²) in [5, 5.41) is 9.35. The fourth-order valence-corrected chi connectivity index (χ4v) is 4.04. The highest BCUT2D eigenvalue weighted by atomic mass is 79.9. The first kappa shape index (κ1) is 16.6. The Labute approximate surface area is 140 Å². The molecule has 2 rings (SSSR count). The van der Waals surface area contributed by atoms with Crippen LogP contribution in [0.25, 0.3) is 0 Å². The maximum Gasteiger partial charge on any atom is 0.263 e. The third-order valence-corrected chi connectivity index (χ3v) is 5.49. The summed E-state index contributed by atoms with van der Waals surface area (Å²) in [5.74, 6) is 0. The molecule has 0 aromatic heterocycles. The molecule has 8 heteroatoms. The summed E-state index contributed by atoms with van der Waals surface area (Å²) >= 11 is 15.2. The molecule has 0 amide bonds. The van der Waals surface area contributed by atoms with Crippen molar-refractivity contribution in [3.05, 3.63) is 56.5 Å². The summed E-state index contributed by atoms with van der Waals surface area (Å²) < 4.78 is 27.9. The van der Waals surface area contributed by atoms with Crippen molar-refractivity contribution < 1.29 is 13.5 Å². The first-order valence-electron chi connectivity index (χ1n) is 5.71. The predicted octanol–water partition coefficient (Wildman–Crippen LogP) is 4.05. The fraction of sp³-hybridized carbons (Fsp3) is 0.0769. The van der Waals surface area contributed by atoms with Crippen molar-refractivity contribution in [3.63, 3.8) is 0 Å². The van der Waals surface area contributed by atoms with Crippen LogP contribution in [0.1, 0.15) is 5.56 Å². The summed E-state index contributed by atoms with van der Waals surface area (Å²) in [5.41, 5.74) is 0.566. The van der Waals surface area contributed by atoms with Crippen molar-refractivity contribution >= 4 is 54.8 Å². The van der Waals surface area contributed by atoms with Crippen LogP contribution in [0.5, 0.6) is 0 Å². The molecule has 0 saturated heterocycles. The van der Waals surface area contributed by atoms with E-state index in [2.05, 4.69) is 20.7 Å². The Hall–Kier alpha value is -0.790. The third-order valence-electron chi connectivity index (χ3n) is 2.68. The number of nitrogens with one attached hydrogen (secondary N) is 1. The third kappa shape index (κ3) is 3.70. The highest BCUT2D eigenvalue weighted by Gasteiger charge is 2.21. The largest absolute Gasteiger partial charge is 0.392 e. The lowest BCUT2D eigenvalue weighted by Gasteiger charge is -2.12. The van der Waals surface area contributed by atoms with Crippen molar-refractivity contribution in [2.75, 3.05) is 4.72 Å². The van der Waals surface area contributed by atoms with Crippen LogP contribution >= 0.6 is 39.1 Å². The summed E-state index contributed by atoms with van der Waals surface area (Å²) in [6, 6.07) is 9.38. The Morgan fingerprint density at radius 2 is 1.90 bits per heavy atom. The summed E-state index contributed by atoms with van der Waals surface area (Å²) in [4.78, 5) is -0.141. The smallest absolute Gasteiger partial charge is 0.263 e. The monoisotopic (exact) mass is 409 g/mol. The maximum absolute atomic E-state index is 12.4. The lowest BCUT2D eigenvalue weighted by molar-refractivity contribution is 0.282. The summed E-state index contributed by atoms with van der Waals surface area (Å²) in [6.45, 7) is -0.447. The van der Waals surface area contributed by atoms with Gasteiger partial charge in [0.05, 0.1) is 11.6 Å². The Bertz CT molecular complexity index is 781. The highest BCUT2D eigenvalue weighted by Crippen LogP contribution is 2.32. The Kier molecular flexibility index (Phi) is 5.16. The SMILES string of the molecule is O=S(=O)(Nc1cccc(Br)c1)c1ccc(Cl)c(CO)c1Cl. The van der Waals surface area contributed by atoms with Gasteiger partial charge in [0.1, 0.15) is 4.90 Å². The molecule has 2 aromatic rings. The van der Waals surface area contributed by atoms with Crippen molar-refractivity contribution in [1.82, 2.24) is 0 Å². The second-order valence-corrected chi connectivity index (χ2v) is 7.46. The minimum absolute atomic E-state index is 0.0903. The molecule has 4 nitrogen and oxygen atoms in total. The quantitative estimate of drug-likeness (QED) is 0.798. The zero-order valence-electron chi connectivity index (χ0n) is 10.5. The predicted molar refractivity (Wildman–Crippen MR) is 87.3 cm³/mol. The van der Waals surface area contributed by atoms with Gasteiger partial charge in [-0.2, -0.15) is 0 Å². The molecule has 0 fully saturated rings. The van der Waals surface area contributed by atoms with E-state index in [1.54, 1.807) is 24.3 Å². The average molecular weight is 411 g/mol. The van der Waals surface area contributed by atoms with Crippen LogP contribution in [0.3, 0.4) is 0 Å². The molecular weight excluding hydrogens is 401 g/mol. The number of hydrogen-bond donors (Lipinski definition) is 2. The lowest BCUT2D eigenvalue weighted by Crippen LogP contribution is -2.14. The molecule has 0 aliphatic carbocycles. The average Bonchev–Trinajstić information content (AvgIpc) is 2.38. The molecule has 0 saturated carbocycles. The van der Waals surface area contributed by atoms with Gasteiger partial charge in [-0.1, -0.05) is 45.2 Å². The van der Waals surface area contributed by atoms with E-state index in [1.165, 1.54) is 12.1 Å². The number of anilines is 1. The van der Waals surface area contributed by atoms with E-state index < -0.39 is 16.6 Å². The van der Waals surface area contributed by atoms with Gasteiger partial charge in [0.15, 0.2) is 0 Å². The summed E-state index contributed by atoms with van der Waals surface area (Å²) in [6.07, 6.45) is 0. The first-order chi connectivity index (χ1) is 9.85. The molecular formula is C13H10BrCl2NO3S. The standard InChI is InChI=1S/C13H10BrCl2NO3S/c14-8-2-1-3-9(6-8)17-21(19,20)12-5-4-11(15)10(7-18)13(12)16/h1-6,17-18H,7H2. The molecule has 0 radical (unpaired) electrons. The number of aliphatic hydroxyl groups excluding tert-OH is 1. The lowest BCUT2D eigenvalue weighted by atomic mass is 10.2. The minimum atomic E-state index is -3.88. The number of rotatable bonds is 4. The fourth-order valence-electron chi connectivity index (χ4n) is 1.69. The molecule has 21 heavy (non-hydrogen) atoms. The van der Waals surface area contributed by atoms with Gasteiger partial charge >= 0.3 is 0 Å². The van der Waals surface area contributed by atoms with Crippen LogP contribution in [0.2, 0.25) is 10.0 Å². The molecule has 0 aliphatic heterocycles. The Morgan fingerprint density at radius 3 is 2.52 bits per heavy atom. The van der Waals surface area contributed by atoms with Crippen molar-refractivity contribution in [2.45, 2.75) is 11.5 Å². The number of hydrogen-bond acceptors (Lipinski definition) is 3. The van der Waals surface area contributed by atoms with Crippen LogP contribution in [-0.2, 0) is 16.6 Å². The van der Waals surface area contributed by atoms with E-state index in [9.17, 15) is 13.5 Å². The number of aliphatic hydroxyl groups is 1. The Morgan fingerprint density at radius 1 is 1.19 bits per heavy atom. The second-order valence-electron chi connectivity index (χ2n) is 4.11. The van der Waals surface area contributed by atoms with Gasteiger partial charge < -0.3 is 5.11 Å². The van der Waals surface area contributed by atoms with E-state index in [0.717, 1.165) is 4.47 Å². The molecule has 0 unspecified atom stereocenters. The van der Waals surface area contributed by atoms with Gasteiger partial charge in [-0.3, -0.25) is 4.72 Å². The van der Waals surface area contributed by atoms with Crippen molar-refractivity contribution in [2.24, 2.45) is 0 Å². The number of benzene rings is 2. The molecule has 0 spiro atoms. The molecule has 2 N–H and O–H groups in total. The van der Waals surface area contributed by atoms with Gasteiger partial charge in [-0.15, -0.1) is 0 Å². The van der Waals surface area contributed by atoms with E-state index in [4.69, 9.17) is 23.2 Å². The van der Waals surface area contributed by atoms with E-state index >= 15 is 0 Å². The maximum atomic E-state index is 12.4. The van der Waals surface area contributed by atoms with Crippen LogP contribution in [0.4, 0.5) is 5.69 Å². The van der Waals surface area contributed by atoms with Gasteiger partial charge in [-0.25, -0.2) is 8.42 Å². The molecule has 0 atom stereocenters. The summed E-state index contributed by atoms with van der Waals surface area (Å²) in [7, 11) is -3.88. The zero-order valence-corrected chi connectivity index (χ0v) is 14.4. The minimum Gasteiger partial charge on any atom is -0.392 e. The van der Waals surface area contributed by atoms with E-state index in [-0.39, 0.29) is 20.5 Å². The van der Waals surface area contributed by atoms with Gasteiger partial charge in [0.2, 0.25) is 0 Å². The molecule has 0 aliphatic rings. The molecule has 0 heterocycles. The van der Waals surface area contributed by atoms with Crippen LogP contribution in [0.15, 0.2) is 45.8 Å². The first-order valence-corrected chi connectivity index (χ1v) is 8.74. The molecule has 2 aromatic carbocycles. The number of halogens is 3. The topological polar surface area (TPSA) is 66.4 Å². The van der Waals surface area contributed by atoms with Gasteiger partial charge in [-0.05, 0) is 30.3 Å². The van der Waals surface area contributed by atoms with Crippen molar-refractivity contribution in [1.29, 1.82) is 0 Å². The van der Waals surface area contributed by atoms with Crippen LogP contribution < -0.4 is 4.72 Å². The van der Waals surface area contributed by atoms with Gasteiger partial charge in [0.25, 0.3) is 10.0 Å². The molecule has 0 bridgehead atoms. The number of sulfonamides is 1. The van der Waals surface area contributed by atoms with E-state index in [0.29, 0.717) is 5.69 Å². The van der Waals surface area contributed by atoms with E-state index in [1.807, 2.05) is 0 Å². The van der Waals surface area contributed by atoms with Crippen LogP contribution in [0, 0.1) is 0 Å². The van der Waals surface area contributed by atoms with Gasteiger partial charge in [0, 0.05) is 20.7 Å². The highest BCUT2D eigenvalue weighted by molar-refractivity contribution is 9.10. The second kappa shape index (κ2) is 6.54. The van der Waals surface area contributed by atoms with Crippen molar-refractivity contribution in [3.8, 4) is 0 Å².